The molecule has 3 aliphatic rings. The van der Waals surface area contributed by atoms with Crippen LogP contribution >= 0.6 is 11.8 Å². The SMILES string of the molecule is CCOc1ccc(NC(=O)[C@@H]2[C@H]3C(=O)N([C@@H](CO)Cc4ccccc4)C(C(=O)NC(C)(C)C)C34CC[C@H]2S4)cc1. The van der Waals surface area contributed by atoms with Gasteiger partial charge >= 0.3 is 0 Å². The molecule has 1 spiro atoms. The Morgan fingerprint density at radius 2 is 1.82 bits per heavy atom. The highest BCUT2D eigenvalue weighted by molar-refractivity contribution is 8.02. The summed E-state index contributed by atoms with van der Waals surface area (Å²) in [6, 6.07) is 15.5. The van der Waals surface area contributed by atoms with Gasteiger partial charge in [0.25, 0.3) is 0 Å². The summed E-state index contributed by atoms with van der Waals surface area (Å²) in [4.78, 5) is 43.7. The van der Waals surface area contributed by atoms with E-state index < -0.39 is 34.2 Å². The Kier molecular flexibility index (Phi) is 7.90. The molecule has 6 atom stereocenters. The Morgan fingerprint density at radius 1 is 1.12 bits per heavy atom. The first-order valence-electron chi connectivity index (χ1n) is 14.1. The first kappa shape index (κ1) is 28.5. The van der Waals surface area contributed by atoms with E-state index in [2.05, 4.69) is 10.6 Å². The topological polar surface area (TPSA) is 108 Å². The molecule has 3 aliphatic heterocycles. The number of rotatable bonds is 9. The fraction of sp³-hybridized carbons (Fsp3) is 0.516. The molecule has 5 rings (SSSR count). The summed E-state index contributed by atoms with van der Waals surface area (Å²) in [5, 5.41) is 16.6. The number of hydrogen-bond acceptors (Lipinski definition) is 6. The normalized spacial score (nSPS) is 27.8. The summed E-state index contributed by atoms with van der Waals surface area (Å²) in [6.45, 7) is 7.94. The number of ether oxygens (including phenoxy) is 1. The van der Waals surface area contributed by atoms with Crippen molar-refractivity contribution in [3.8, 4) is 5.75 Å². The lowest BCUT2D eigenvalue weighted by atomic mass is 9.70. The zero-order valence-corrected chi connectivity index (χ0v) is 24.4. The molecule has 2 aromatic carbocycles. The molecule has 214 valence electrons. The molecular formula is C31H39N3O5S. The minimum absolute atomic E-state index is 0.0505. The molecule has 3 saturated heterocycles. The van der Waals surface area contributed by atoms with E-state index in [0.29, 0.717) is 25.1 Å². The van der Waals surface area contributed by atoms with Gasteiger partial charge in [-0.3, -0.25) is 14.4 Å². The Balaban J connectivity index is 1.47. The molecule has 0 aliphatic carbocycles. The molecule has 9 heteroatoms. The number of anilines is 1. The summed E-state index contributed by atoms with van der Waals surface area (Å²) < 4.78 is 4.79. The molecule has 2 aromatic rings. The highest BCUT2D eigenvalue weighted by Crippen LogP contribution is 2.66. The average Bonchev–Trinajstić information content (AvgIpc) is 3.55. The molecule has 40 heavy (non-hydrogen) atoms. The first-order valence-corrected chi connectivity index (χ1v) is 15.0. The number of likely N-dealkylation sites (tertiary alicyclic amines) is 1. The third kappa shape index (κ3) is 5.21. The van der Waals surface area contributed by atoms with Gasteiger partial charge in [0, 0.05) is 16.5 Å². The fourth-order valence-electron chi connectivity index (χ4n) is 6.69. The molecule has 0 saturated carbocycles. The fourth-order valence-corrected chi connectivity index (χ4v) is 8.89. The van der Waals surface area contributed by atoms with Crippen LogP contribution in [0.1, 0.15) is 46.1 Å². The zero-order chi connectivity index (χ0) is 28.7. The van der Waals surface area contributed by atoms with Crippen LogP contribution in [0.15, 0.2) is 54.6 Å². The lowest BCUT2D eigenvalue weighted by Gasteiger charge is -2.38. The van der Waals surface area contributed by atoms with E-state index >= 15 is 0 Å². The Bertz CT molecular complexity index is 1250. The second kappa shape index (κ2) is 11.1. The van der Waals surface area contributed by atoms with Gasteiger partial charge in [0.2, 0.25) is 17.7 Å². The van der Waals surface area contributed by atoms with Gasteiger partial charge in [0.1, 0.15) is 11.8 Å². The molecular weight excluding hydrogens is 526 g/mol. The minimum atomic E-state index is -0.775. The van der Waals surface area contributed by atoms with E-state index in [-0.39, 0.29) is 29.6 Å². The van der Waals surface area contributed by atoms with Gasteiger partial charge in [0.15, 0.2) is 0 Å². The van der Waals surface area contributed by atoms with E-state index in [9.17, 15) is 19.5 Å². The predicted octanol–water partition coefficient (Wildman–Crippen LogP) is 3.63. The van der Waals surface area contributed by atoms with Crippen LogP contribution in [0.3, 0.4) is 0 Å². The standard InChI is InChI=1S/C31H39N3O5S/c1-5-39-22-13-11-20(12-14-22)32-27(36)24-23-15-16-31(40-23)25(24)29(38)34(26(31)28(37)33-30(2,3)4)21(18-35)17-19-9-7-6-8-10-19/h6-14,21,23-26,35H,5,15-18H2,1-4H3,(H,32,36)(H,33,37)/t21-,23-,24+,25+,26?,31?/m1/s1. The Morgan fingerprint density at radius 3 is 2.45 bits per heavy atom. The molecule has 0 aromatic heterocycles. The largest absolute Gasteiger partial charge is 0.494 e. The first-order chi connectivity index (χ1) is 19.1. The summed E-state index contributed by atoms with van der Waals surface area (Å²) >= 11 is 1.62. The van der Waals surface area contributed by atoms with Gasteiger partial charge < -0.3 is 25.4 Å². The number of nitrogens with zero attached hydrogens (tertiary/aromatic N) is 1. The third-order valence-electron chi connectivity index (χ3n) is 8.14. The van der Waals surface area contributed by atoms with Crippen molar-refractivity contribution in [3.63, 3.8) is 0 Å². The maximum Gasteiger partial charge on any atom is 0.244 e. The predicted molar refractivity (Wildman–Crippen MR) is 156 cm³/mol. The molecule has 2 bridgehead atoms. The van der Waals surface area contributed by atoms with Crippen molar-refractivity contribution in [1.82, 2.24) is 10.2 Å². The summed E-state index contributed by atoms with van der Waals surface area (Å²) in [5.41, 5.74) is 1.11. The number of benzene rings is 2. The van der Waals surface area contributed by atoms with Crippen molar-refractivity contribution in [2.45, 2.75) is 74.6 Å². The van der Waals surface area contributed by atoms with Crippen LogP contribution in [0.2, 0.25) is 0 Å². The van der Waals surface area contributed by atoms with Crippen LogP contribution in [0, 0.1) is 11.8 Å². The summed E-state index contributed by atoms with van der Waals surface area (Å²) in [6.07, 6.45) is 1.85. The number of aliphatic hydroxyl groups excluding tert-OH is 1. The van der Waals surface area contributed by atoms with Crippen LogP contribution in [0.25, 0.3) is 0 Å². The van der Waals surface area contributed by atoms with Crippen molar-refractivity contribution in [2.24, 2.45) is 11.8 Å². The van der Waals surface area contributed by atoms with Gasteiger partial charge in [-0.15, -0.1) is 11.8 Å². The van der Waals surface area contributed by atoms with Crippen LogP contribution in [0.4, 0.5) is 5.69 Å². The molecule has 3 amide bonds. The second-order valence-electron chi connectivity index (χ2n) is 12.0. The van der Waals surface area contributed by atoms with Crippen molar-refractivity contribution in [2.75, 3.05) is 18.5 Å². The number of nitrogens with one attached hydrogen (secondary N) is 2. The minimum Gasteiger partial charge on any atom is -0.494 e. The van der Waals surface area contributed by atoms with Gasteiger partial charge in [-0.2, -0.15) is 0 Å². The number of thioether (sulfide) groups is 1. The third-order valence-corrected chi connectivity index (χ3v) is 10.1. The number of hydrogen-bond donors (Lipinski definition) is 3. The number of fused-ring (bicyclic) bond motifs is 1. The highest BCUT2D eigenvalue weighted by Gasteiger charge is 2.74. The molecule has 3 N–H and O–H groups in total. The van der Waals surface area contributed by atoms with Crippen LogP contribution in [-0.4, -0.2) is 68.6 Å². The smallest absolute Gasteiger partial charge is 0.244 e. The summed E-state index contributed by atoms with van der Waals surface area (Å²) in [7, 11) is 0. The Hall–Kier alpha value is -3.04. The van der Waals surface area contributed by atoms with Crippen molar-refractivity contribution in [3.05, 3.63) is 60.2 Å². The van der Waals surface area contributed by atoms with E-state index in [4.69, 9.17) is 4.74 Å². The zero-order valence-electron chi connectivity index (χ0n) is 23.6. The molecule has 3 heterocycles. The van der Waals surface area contributed by atoms with Crippen LogP contribution < -0.4 is 15.4 Å². The summed E-state index contributed by atoms with van der Waals surface area (Å²) in [5.74, 6) is -1.13. The Labute approximate surface area is 240 Å². The van der Waals surface area contributed by atoms with E-state index in [1.807, 2.05) is 58.0 Å². The van der Waals surface area contributed by atoms with Gasteiger partial charge in [0.05, 0.1) is 35.8 Å². The maximum atomic E-state index is 14.4. The lowest BCUT2D eigenvalue weighted by molar-refractivity contribution is -0.142. The van der Waals surface area contributed by atoms with Crippen molar-refractivity contribution < 1.29 is 24.2 Å². The van der Waals surface area contributed by atoms with Gasteiger partial charge in [-0.25, -0.2) is 0 Å². The quantitative estimate of drug-likeness (QED) is 0.429. The molecule has 2 unspecified atom stereocenters. The highest BCUT2D eigenvalue weighted by atomic mass is 32.2. The van der Waals surface area contributed by atoms with E-state index in [0.717, 1.165) is 17.7 Å². The van der Waals surface area contributed by atoms with Crippen molar-refractivity contribution in [1.29, 1.82) is 0 Å². The lowest BCUT2D eigenvalue weighted by Crippen LogP contribution is -2.59. The van der Waals surface area contributed by atoms with Gasteiger partial charge in [-0.05, 0) is 76.8 Å². The van der Waals surface area contributed by atoms with Crippen LogP contribution in [0.5, 0.6) is 5.75 Å². The average molecular weight is 566 g/mol. The van der Waals surface area contributed by atoms with E-state index in [1.54, 1.807) is 40.9 Å². The number of amides is 3. The number of carbonyl (C=O) groups excluding carboxylic acids is 3. The maximum absolute atomic E-state index is 14.4. The second-order valence-corrected chi connectivity index (χ2v) is 13.6. The molecule has 0 radical (unpaired) electrons. The van der Waals surface area contributed by atoms with Crippen molar-refractivity contribution >= 4 is 35.2 Å². The van der Waals surface area contributed by atoms with Gasteiger partial charge in [-0.1, -0.05) is 30.3 Å². The number of aliphatic hydroxyl groups is 1. The molecule has 3 fully saturated rings. The monoisotopic (exact) mass is 565 g/mol. The number of carbonyl (C=O) groups is 3. The molecule has 8 nitrogen and oxygen atoms in total. The van der Waals surface area contributed by atoms with Crippen LogP contribution in [-0.2, 0) is 20.8 Å². The van der Waals surface area contributed by atoms with E-state index in [1.165, 1.54) is 0 Å².